The number of esters is 1. The molecule has 37 heavy (non-hydrogen) atoms. The fourth-order valence-electron chi connectivity index (χ4n) is 3.55. The van der Waals surface area contributed by atoms with E-state index < -0.39 is 34.7 Å². The van der Waals surface area contributed by atoms with E-state index in [0.29, 0.717) is 11.1 Å². The Kier molecular flexibility index (Phi) is 7.35. The highest BCUT2D eigenvalue weighted by molar-refractivity contribution is 5.95. The Morgan fingerprint density at radius 3 is 2.59 bits per heavy atom. The quantitative estimate of drug-likeness (QED) is 0.252. The Hall–Kier alpha value is -4.90. The van der Waals surface area contributed by atoms with E-state index in [1.54, 1.807) is 49.5 Å². The van der Waals surface area contributed by atoms with E-state index in [-0.39, 0.29) is 35.7 Å². The number of carbonyl (C=O) groups excluding carboxylic acids is 2. The van der Waals surface area contributed by atoms with Gasteiger partial charge in [0.05, 0.1) is 6.54 Å². The van der Waals surface area contributed by atoms with Crippen molar-refractivity contribution in [2.75, 3.05) is 25.5 Å². The fourth-order valence-corrected chi connectivity index (χ4v) is 3.55. The van der Waals surface area contributed by atoms with Gasteiger partial charge in [0, 0.05) is 36.5 Å². The van der Waals surface area contributed by atoms with E-state index in [0.717, 1.165) is 11.0 Å². The van der Waals surface area contributed by atoms with Crippen LogP contribution < -0.4 is 20.4 Å². The van der Waals surface area contributed by atoms with Crippen molar-refractivity contribution in [3.8, 4) is 28.6 Å². The molecule has 0 radical (unpaired) electrons. The summed E-state index contributed by atoms with van der Waals surface area (Å²) in [6.45, 7) is -0.153. The molecule has 0 saturated heterocycles. The van der Waals surface area contributed by atoms with Gasteiger partial charge in [-0.1, -0.05) is 36.4 Å². The molecule has 1 amide bonds. The first-order valence-electron chi connectivity index (χ1n) is 11.1. The summed E-state index contributed by atoms with van der Waals surface area (Å²) >= 11 is 0. The summed E-state index contributed by atoms with van der Waals surface area (Å²) in [5.41, 5.74) is 0.326. The Morgan fingerprint density at radius 1 is 1.11 bits per heavy atom. The largest absolute Gasteiger partial charge is 0.504 e. The first-order chi connectivity index (χ1) is 17.8. The van der Waals surface area contributed by atoms with Crippen LogP contribution in [0.1, 0.15) is 5.56 Å². The summed E-state index contributed by atoms with van der Waals surface area (Å²) in [5.74, 6) is -2.19. The number of likely N-dealkylation sites (N-methyl/N-ethyl adjacent to an activating group) is 1. The monoisotopic (exact) mass is 505 g/mol. The molecular formula is C26H23N3O8. The number of aromatic hydroxyl groups is 2. The van der Waals surface area contributed by atoms with Crippen molar-refractivity contribution >= 4 is 28.8 Å². The standard InChI is InChI=1S/C26H23N3O8/c1-27-13-21(32)35-14-16-9-6-10-28-25(16)29(2)26(34)37-24-22-17(30)11-19(15-7-4-3-5-8-15)36-20(22)12-18(31)23(24)33/h3-12,27,31,33H,13-14H2,1-2H3. The second-order valence-corrected chi connectivity index (χ2v) is 7.89. The molecule has 2 heterocycles. The van der Waals surface area contributed by atoms with Gasteiger partial charge >= 0.3 is 12.1 Å². The van der Waals surface area contributed by atoms with Gasteiger partial charge in [0.2, 0.25) is 5.75 Å². The molecule has 0 bridgehead atoms. The third-order valence-electron chi connectivity index (χ3n) is 5.34. The summed E-state index contributed by atoms with van der Waals surface area (Å²) in [6.07, 6.45) is 0.397. The van der Waals surface area contributed by atoms with Crippen molar-refractivity contribution < 1.29 is 33.7 Å². The molecule has 0 spiro atoms. The maximum absolute atomic E-state index is 13.0. The lowest BCUT2D eigenvalue weighted by molar-refractivity contribution is -0.143. The first-order valence-corrected chi connectivity index (χ1v) is 11.1. The lowest BCUT2D eigenvalue weighted by Gasteiger charge is -2.20. The van der Waals surface area contributed by atoms with Gasteiger partial charge in [-0.15, -0.1) is 0 Å². The van der Waals surface area contributed by atoms with E-state index in [2.05, 4.69) is 10.3 Å². The number of hydrogen-bond donors (Lipinski definition) is 3. The van der Waals surface area contributed by atoms with Gasteiger partial charge in [0.25, 0.3) is 0 Å². The summed E-state index contributed by atoms with van der Waals surface area (Å²) in [5, 5.41) is 23.1. The number of nitrogens with one attached hydrogen (secondary N) is 1. The molecule has 0 aliphatic rings. The molecule has 4 aromatic rings. The lowest BCUT2D eigenvalue weighted by atomic mass is 10.1. The van der Waals surface area contributed by atoms with Gasteiger partial charge in [0.1, 0.15) is 29.2 Å². The molecule has 0 saturated carbocycles. The maximum atomic E-state index is 13.0. The van der Waals surface area contributed by atoms with Crippen LogP contribution in [0, 0.1) is 0 Å². The molecule has 0 fully saturated rings. The molecule has 3 N–H and O–H groups in total. The number of nitrogens with zero attached hydrogens (tertiary/aromatic N) is 2. The molecule has 11 nitrogen and oxygen atoms in total. The highest BCUT2D eigenvalue weighted by Gasteiger charge is 2.25. The number of carbonyl (C=O) groups is 2. The summed E-state index contributed by atoms with van der Waals surface area (Å²) in [4.78, 5) is 42.9. The van der Waals surface area contributed by atoms with Gasteiger partial charge in [-0.25, -0.2) is 9.78 Å². The number of aromatic nitrogens is 1. The minimum absolute atomic E-state index is 0.00585. The van der Waals surface area contributed by atoms with Crippen molar-refractivity contribution in [3.63, 3.8) is 0 Å². The smallest absolute Gasteiger partial charge is 0.420 e. The van der Waals surface area contributed by atoms with Gasteiger partial charge < -0.3 is 29.4 Å². The van der Waals surface area contributed by atoms with Gasteiger partial charge in [-0.05, 0) is 13.1 Å². The number of pyridine rings is 1. The van der Waals surface area contributed by atoms with Crippen molar-refractivity contribution in [1.29, 1.82) is 0 Å². The van der Waals surface area contributed by atoms with E-state index in [1.165, 1.54) is 19.3 Å². The Labute approximate surface area is 210 Å². The van der Waals surface area contributed by atoms with Crippen LogP contribution in [-0.2, 0) is 16.1 Å². The first kappa shape index (κ1) is 25.2. The predicted octanol–water partition coefficient (Wildman–Crippen LogP) is 3.16. The predicted molar refractivity (Wildman–Crippen MR) is 134 cm³/mol. The van der Waals surface area contributed by atoms with E-state index in [4.69, 9.17) is 13.9 Å². The Bertz CT molecular complexity index is 1520. The lowest BCUT2D eigenvalue weighted by Crippen LogP contribution is -2.31. The topological polar surface area (TPSA) is 151 Å². The summed E-state index contributed by atoms with van der Waals surface area (Å²) < 4.78 is 16.3. The van der Waals surface area contributed by atoms with Crippen molar-refractivity contribution in [1.82, 2.24) is 10.3 Å². The number of amides is 1. The maximum Gasteiger partial charge on any atom is 0.420 e. The summed E-state index contributed by atoms with van der Waals surface area (Å²) in [6, 6.07) is 14.3. The number of rotatable bonds is 7. The van der Waals surface area contributed by atoms with Crippen LogP contribution in [0.4, 0.5) is 10.6 Å². The van der Waals surface area contributed by atoms with Crippen LogP contribution in [0.15, 0.2) is 70.0 Å². The zero-order valence-corrected chi connectivity index (χ0v) is 19.9. The molecule has 190 valence electrons. The average molecular weight is 505 g/mol. The average Bonchev–Trinajstić information content (AvgIpc) is 2.90. The normalized spacial score (nSPS) is 10.8. The minimum atomic E-state index is -1.03. The zero-order chi connectivity index (χ0) is 26.5. The number of anilines is 1. The van der Waals surface area contributed by atoms with Crippen molar-refractivity contribution in [2.24, 2.45) is 0 Å². The number of ether oxygens (including phenoxy) is 2. The molecule has 2 aromatic carbocycles. The minimum Gasteiger partial charge on any atom is -0.504 e. The molecule has 0 unspecified atom stereocenters. The molecule has 0 aliphatic carbocycles. The Balaban J connectivity index is 1.67. The highest BCUT2D eigenvalue weighted by atomic mass is 16.6. The Morgan fingerprint density at radius 2 is 1.86 bits per heavy atom. The van der Waals surface area contributed by atoms with Gasteiger partial charge in [-0.2, -0.15) is 0 Å². The van der Waals surface area contributed by atoms with Crippen LogP contribution in [-0.4, -0.2) is 47.9 Å². The second kappa shape index (κ2) is 10.8. The summed E-state index contributed by atoms with van der Waals surface area (Å²) in [7, 11) is 2.95. The molecule has 0 atom stereocenters. The van der Waals surface area contributed by atoms with E-state index in [9.17, 15) is 24.6 Å². The third-order valence-corrected chi connectivity index (χ3v) is 5.34. The number of phenols is 2. The van der Waals surface area contributed by atoms with Crippen LogP contribution in [0.3, 0.4) is 0 Å². The molecule has 11 heteroatoms. The van der Waals surface area contributed by atoms with E-state index in [1.807, 2.05) is 0 Å². The fraction of sp³-hybridized carbons (Fsp3) is 0.154. The van der Waals surface area contributed by atoms with Crippen LogP contribution >= 0.6 is 0 Å². The highest BCUT2D eigenvalue weighted by Crippen LogP contribution is 2.42. The molecule has 4 rings (SSSR count). The van der Waals surface area contributed by atoms with Gasteiger partial charge in [-0.3, -0.25) is 14.5 Å². The molecule has 2 aromatic heterocycles. The second-order valence-electron chi connectivity index (χ2n) is 7.89. The van der Waals surface area contributed by atoms with E-state index >= 15 is 0 Å². The van der Waals surface area contributed by atoms with Crippen molar-refractivity contribution in [2.45, 2.75) is 6.61 Å². The number of fused-ring (bicyclic) bond motifs is 1. The SMILES string of the molecule is CNCC(=O)OCc1cccnc1N(C)C(=O)Oc1c(O)c(O)cc2oc(-c3ccccc3)cc(=O)c12. The molecular weight excluding hydrogens is 482 g/mol. The zero-order valence-electron chi connectivity index (χ0n) is 19.9. The van der Waals surface area contributed by atoms with Crippen molar-refractivity contribution in [3.05, 3.63) is 76.6 Å². The number of hydrogen-bond acceptors (Lipinski definition) is 10. The van der Waals surface area contributed by atoms with Crippen LogP contribution in [0.25, 0.3) is 22.3 Å². The van der Waals surface area contributed by atoms with Crippen LogP contribution in [0.5, 0.6) is 17.2 Å². The van der Waals surface area contributed by atoms with Gasteiger partial charge in [0.15, 0.2) is 16.9 Å². The number of phenolic OH excluding ortho intramolecular Hbond substituents is 2. The molecule has 0 aliphatic heterocycles. The third kappa shape index (κ3) is 5.36. The number of benzene rings is 2. The van der Waals surface area contributed by atoms with Crippen LogP contribution in [0.2, 0.25) is 0 Å².